The summed E-state index contributed by atoms with van der Waals surface area (Å²) >= 11 is 0. The predicted octanol–water partition coefficient (Wildman–Crippen LogP) is 1.65. The van der Waals surface area contributed by atoms with Crippen LogP contribution in [0.15, 0.2) is 85.8 Å². The number of amides is 2. The number of carbonyl (C=O) groups is 2. The zero-order chi connectivity index (χ0) is 21.8. The van der Waals surface area contributed by atoms with Crippen LogP contribution in [-0.2, 0) is 9.59 Å². The summed E-state index contributed by atoms with van der Waals surface area (Å²) in [6.45, 7) is 0. The Morgan fingerprint density at radius 2 is 1.35 bits per heavy atom. The van der Waals surface area contributed by atoms with Gasteiger partial charge < -0.3 is 8.83 Å². The Morgan fingerprint density at radius 1 is 0.774 bits per heavy atom. The minimum absolute atomic E-state index is 0.0102. The number of nitrogens with one attached hydrogen (secondary N) is 2. The zero-order valence-electron chi connectivity index (χ0n) is 15.6. The topological polar surface area (TPSA) is 152 Å². The summed E-state index contributed by atoms with van der Waals surface area (Å²) in [4.78, 5) is 34.1. The highest BCUT2D eigenvalue weighted by molar-refractivity contribution is 6.34. The summed E-state index contributed by atoms with van der Waals surface area (Å²) in [5.41, 5.74) is 5.01. The predicted molar refractivity (Wildman–Crippen MR) is 106 cm³/mol. The molecule has 0 bridgehead atoms. The Balaban J connectivity index is 1.45. The molecule has 0 aliphatic carbocycles. The molecule has 154 valence electrons. The molecule has 11 nitrogen and oxygen atoms in total. The van der Waals surface area contributed by atoms with E-state index in [2.05, 4.69) is 15.6 Å². The highest BCUT2D eigenvalue weighted by Crippen LogP contribution is 2.19. The van der Waals surface area contributed by atoms with Crippen LogP contribution in [0, 0.1) is 10.1 Å². The molecule has 0 radical (unpaired) electrons. The van der Waals surface area contributed by atoms with E-state index < -0.39 is 16.7 Å². The van der Waals surface area contributed by atoms with Crippen LogP contribution in [0.3, 0.4) is 0 Å². The van der Waals surface area contributed by atoms with E-state index in [1.807, 2.05) is 17.6 Å². The molecule has 2 heterocycles. The summed E-state index contributed by atoms with van der Waals surface area (Å²) in [6.07, 6.45) is 0. The Morgan fingerprint density at radius 3 is 2.00 bits per heavy atom. The third-order valence-electron chi connectivity index (χ3n) is 4.10. The smallest absolute Gasteiger partial charge is 0.331 e. The summed E-state index contributed by atoms with van der Waals surface area (Å²) in [7, 11) is 0. The first-order chi connectivity index (χ1) is 15.0. The van der Waals surface area contributed by atoms with Crippen molar-refractivity contribution in [1.82, 2.24) is 10.9 Å². The van der Waals surface area contributed by atoms with Crippen molar-refractivity contribution in [2.24, 2.45) is 10.2 Å². The van der Waals surface area contributed by atoms with Gasteiger partial charge in [-0.15, -0.1) is 10.2 Å². The minimum atomic E-state index is -1.08. The summed E-state index contributed by atoms with van der Waals surface area (Å²) in [6, 6.07) is 17.5. The monoisotopic (exact) mass is 419 g/mol. The summed E-state index contributed by atoms with van der Waals surface area (Å²) < 4.78 is 10.9. The van der Waals surface area contributed by atoms with Crippen LogP contribution in [-0.4, -0.2) is 16.7 Å². The van der Waals surface area contributed by atoms with Gasteiger partial charge in [0, 0.05) is 35.0 Å². The maximum absolute atomic E-state index is 11.9. The number of rotatable bonds is 3. The lowest BCUT2D eigenvalue weighted by Gasteiger charge is -1.99. The van der Waals surface area contributed by atoms with Gasteiger partial charge in [-0.1, -0.05) is 18.2 Å². The Hall–Kier alpha value is -4.80. The van der Waals surface area contributed by atoms with E-state index in [0.717, 1.165) is 5.39 Å². The van der Waals surface area contributed by atoms with Gasteiger partial charge in [0.15, 0.2) is 0 Å². The lowest BCUT2D eigenvalue weighted by Crippen LogP contribution is -2.37. The first kappa shape index (κ1) is 19.5. The Labute approximate surface area is 172 Å². The number of carbonyl (C=O) groups excluding carboxylic acids is 2. The van der Waals surface area contributed by atoms with Gasteiger partial charge in [0.2, 0.25) is 11.1 Å². The lowest BCUT2D eigenvalue weighted by molar-refractivity contribution is -0.384. The molecule has 2 aromatic carbocycles. The maximum Gasteiger partial charge on any atom is 0.331 e. The number of para-hydroxylation sites is 1. The van der Waals surface area contributed by atoms with Crippen LogP contribution in [0.5, 0.6) is 0 Å². The molecule has 11 heteroatoms. The first-order valence-electron chi connectivity index (χ1n) is 8.84. The molecular formula is C20H13N5O6. The molecule has 2 amide bonds. The molecule has 4 aromatic rings. The minimum Gasteiger partial charge on any atom is -0.437 e. The number of fused-ring (bicyclic) bond motifs is 2. The number of hydrogen-bond acceptors (Lipinski definition) is 8. The normalized spacial score (nSPS) is 12.1. The van der Waals surface area contributed by atoms with Crippen LogP contribution < -0.4 is 22.0 Å². The number of benzene rings is 2. The summed E-state index contributed by atoms with van der Waals surface area (Å²) in [5, 5.41) is 19.6. The molecule has 0 unspecified atom stereocenters. The quantitative estimate of drug-likeness (QED) is 0.293. The van der Waals surface area contributed by atoms with Gasteiger partial charge in [-0.2, -0.15) is 0 Å². The highest BCUT2D eigenvalue weighted by atomic mass is 16.6. The molecule has 0 saturated carbocycles. The number of hydrogen-bond donors (Lipinski definition) is 2. The first-order valence-corrected chi connectivity index (χ1v) is 8.84. The number of nitro benzene ring substituents is 1. The van der Waals surface area contributed by atoms with Crippen LogP contribution in [0.2, 0.25) is 0 Å². The number of non-ortho nitro benzene ring substituents is 1. The number of nitrogens with zero attached hydrogens (tertiary/aromatic N) is 3. The van der Waals surface area contributed by atoms with Crippen LogP contribution in [0.1, 0.15) is 0 Å². The second-order valence-corrected chi connectivity index (χ2v) is 6.17. The molecule has 0 fully saturated rings. The van der Waals surface area contributed by atoms with Gasteiger partial charge in [-0.05, 0) is 24.3 Å². The average molecular weight is 419 g/mol. The molecule has 2 aromatic heterocycles. The van der Waals surface area contributed by atoms with Crippen LogP contribution in [0.25, 0.3) is 21.9 Å². The molecule has 0 atom stereocenters. The van der Waals surface area contributed by atoms with E-state index in [9.17, 15) is 19.7 Å². The SMILES string of the molecule is O=C(N/N=c1/ccc2ccccc2o1)C(=O)N/N=c1/ccc2cc([N+](=O)[O-])ccc2o1. The average Bonchev–Trinajstić information content (AvgIpc) is 2.80. The van der Waals surface area contributed by atoms with E-state index >= 15 is 0 Å². The third-order valence-corrected chi connectivity index (χ3v) is 4.10. The van der Waals surface area contributed by atoms with E-state index in [4.69, 9.17) is 8.83 Å². The van der Waals surface area contributed by atoms with Crippen molar-refractivity contribution in [3.05, 3.63) is 88.0 Å². The lowest BCUT2D eigenvalue weighted by atomic mass is 10.2. The number of nitro groups is 1. The van der Waals surface area contributed by atoms with Gasteiger partial charge >= 0.3 is 11.8 Å². The van der Waals surface area contributed by atoms with E-state index in [1.165, 1.54) is 30.3 Å². The maximum atomic E-state index is 11.9. The van der Waals surface area contributed by atoms with Crippen molar-refractivity contribution < 1.29 is 23.3 Å². The van der Waals surface area contributed by atoms with Crippen LogP contribution >= 0.6 is 0 Å². The fourth-order valence-corrected chi connectivity index (χ4v) is 2.63. The van der Waals surface area contributed by atoms with Crippen LogP contribution in [0.4, 0.5) is 5.69 Å². The zero-order valence-corrected chi connectivity index (χ0v) is 15.6. The van der Waals surface area contributed by atoms with Gasteiger partial charge in [-0.25, -0.2) is 10.9 Å². The molecule has 0 spiro atoms. The fraction of sp³-hybridized carbons (Fsp3) is 0. The van der Waals surface area contributed by atoms with E-state index in [0.29, 0.717) is 16.6 Å². The molecular weight excluding hydrogens is 406 g/mol. The Bertz CT molecular complexity index is 1470. The molecule has 0 aliphatic heterocycles. The van der Waals surface area contributed by atoms with Crippen molar-refractivity contribution in [3.8, 4) is 0 Å². The third kappa shape index (κ3) is 4.45. The van der Waals surface area contributed by atoms with Crippen molar-refractivity contribution in [2.45, 2.75) is 0 Å². The van der Waals surface area contributed by atoms with Crippen molar-refractivity contribution in [3.63, 3.8) is 0 Å². The molecule has 2 N–H and O–H groups in total. The van der Waals surface area contributed by atoms with Gasteiger partial charge in [0.25, 0.3) is 5.69 Å². The fourth-order valence-electron chi connectivity index (χ4n) is 2.63. The molecule has 4 rings (SSSR count). The standard InChI is InChI=1S/C20H13N5O6/c26-19(23-21-17-9-5-12-3-1-2-4-15(12)30-17)20(27)24-22-18-10-6-13-11-14(25(28)29)7-8-16(13)31-18/h1-11H,(H,23,26)(H,24,27)/b21-17-,22-18-. The Kier molecular flexibility index (Phi) is 5.22. The molecule has 31 heavy (non-hydrogen) atoms. The highest BCUT2D eigenvalue weighted by Gasteiger charge is 2.12. The largest absolute Gasteiger partial charge is 0.437 e. The molecule has 0 saturated heterocycles. The second-order valence-electron chi connectivity index (χ2n) is 6.17. The molecule has 0 aliphatic rings. The van der Waals surface area contributed by atoms with Gasteiger partial charge in [-0.3, -0.25) is 19.7 Å². The van der Waals surface area contributed by atoms with E-state index in [-0.39, 0.29) is 16.8 Å². The van der Waals surface area contributed by atoms with Gasteiger partial charge in [0.05, 0.1) is 4.92 Å². The van der Waals surface area contributed by atoms with E-state index in [1.54, 1.807) is 24.3 Å². The van der Waals surface area contributed by atoms with Crippen molar-refractivity contribution in [2.75, 3.05) is 0 Å². The summed E-state index contributed by atoms with van der Waals surface area (Å²) in [5.74, 6) is -2.15. The van der Waals surface area contributed by atoms with Gasteiger partial charge in [0.1, 0.15) is 11.2 Å². The second kappa shape index (κ2) is 8.29. The van der Waals surface area contributed by atoms with Crippen molar-refractivity contribution >= 4 is 39.4 Å². The van der Waals surface area contributed by atoms with Crippen molar-refractivity contribution in [1.29, 1.82) is 0 Å².